The van der Waals surface area contributed by atoms with E-state index in [4.69, 9.17) is 14.0 Å². The van der Waals surface area contributed by atoms with Gasteiger partial charge in [0.2, 0.25) is 5.82 Å². The molecule has 0 saturated heterocycles. The van der Waals surface area contributed by atoms with Crippen molar-refractivity contribution >= 4 is 5.97 Å². The summed E-state index contributed by atoms with van der Waals surface area (Å²) in [5, 5.41) is 3.78. The number of halogens is 1. The predicted molar refractivity (Wildman–Crippen MR) is 90.9 cm³/mol. The summed E-state index contributed by atoms with van der Waals surface area (Å²) in [6.07, 6.45) is 0. The Morgan fingerprint density at radius 1 is 1.15 bits per heavy atom. The van der Waals surface area contributed by atoms with Crippen LogP contribution in [0.4, 0.5) is 4.39 Å². The summed E-state index contributed by atoms with van der Waals surface area (Å²) in [7, 11) is 0. The maximum atomic E-state index is 12.9. The van der Waals surface area contributed by atoms with Gasteiger partial charge in [-0.2, -0.15) is 4.98 Å². The van der Waals surface area contributed by atoms with E-state index in [0.717, 1.165) is 11.1 Å². The van der Waals surface area contributed by atoms with Gasteiger partial charge in [-0.05, 0) is 55.3 Å². The molecule has 6 nitrogen and oxygen atoms in total. The molecule has 0 aliphatic rings. The lowest BCUT2D eigenvalue weighted by Gasteiger charge is -2.09. The number of rotatable bonds is 6. The molecule has 1 heterocycles. The van der Waals surface area contributed by atoms with Crippen LogP contribution in [0.15, 0.2) is 47.0 Å². The van der Waals surface area contributed by atoms with E-state index >= 15 is 0 Å². The summed E-state index contributed by atoms with van der Waals surface area (Å²) in [5.74, 6) is 0.174. The molecule has 26 heavy (non-hydrogen) atoms. The van der Waals surface area contributed by atoms with E-state index in [1.807, 2.05) is 32.0 Å². The van der Waals surface area contributed by atoms with E-state index in [1.54, 1.807) is 0 Å². The average Bonchev–Trinajstić information content (AvgIpc) is 3.10. The van der Waals surface area contributed by atoms with Gasteiger partial charge in [-0.3, -0.25) is 0 Å². The molecule has 134 valence electrons. The van der Waals surface area contributed by atoms with Gasteiger partial charge >= 0.3 is 5.97 Å². The Hall–Kier alpha value is -3.22. The fourth-order valence-corrected chi connectivity index (χ4v) is 2.21. The molecule has 0 fully saturated rings. The third kappa shape index (κ3) is 4.44. The zero-order valence-electron chi connectivity index (χ0n) is 14.4. The van der Waals surface area contributed by atoms with Gasteiger partial charge in [0.15, 0.2) is 13.2 Å². The van der Waals surface area contributed by atoms with Gasteiger partial charge in [-0.1, -0.05) is 17.3 Å². The first kappa shape index (κ1) is 17.6. The van der Waals surface area contributed by atoms with Crippen LogP contribution in [0.5, 0.6) is 5.75 Å². The Morgan fingerprint density at radius 3 is 2.69 bits per heavy atom. The van der Waals surface area contributed by atoms with Crippen LogP contribution in [0.2, 0.25) is 0 Å². The Morgan fingerprint density at radius 2 is 1.92 bits per heavy atom. The molecule has 0 aliphatic carbocycles. The van der Waals surface area contributed by atoms with Crippen molar-refractivity contribution in [2.24, 2.45) is 0 Å². The number of esters is 1. The SMILES string of the molecule is Cc1ccc(C)c(OCC(=O)OCc2nc(-c3ccc(F)cc3)no2)c1. The molecule has 0 N–H and O–H groups in total. The molecule has 0 spiro atoms. The number of ether oxygens (including phenoxy) is 2. The van der Waals surface area contributed by atoms with Crippen LogP contribution < -0.4 is 4.74 Å². The van der Waals surface area contributed by atoms with E-state index < -0.39 is 5.97 Å². The minimum absolute atomic E-state index is 0.143. The Labute approximate surface area is 149 Å². The average molecular weight is 356 g/mol. The largest absolute Gasteiger partial charge is 0.482 e. The van der Waals surface area contributed by atoms with Gasteiger partial charge in [0.1, 0.15) is 11.6 Å². The number of hydrogen-bond donors (Lipinski definition) is 0. The van der Waals surface area contributed by atoms with Gasteiger partial charge in [-0.25, -0.2) is 9.18 Å². The Kier molecular flexibility index (Phi) is 5.26. The molecule has 2 aromatic carbocycles. The lowest BCUT2D eigenvalue weighted by molar-refractivity contribution is -0.148. The number of benzene rings is 2. The molecule has 0 radical (unpaired) electrons. The lowest BCUT2D eigenvalue weighted by Crippen LogP contribution is -2.15. The van der Waals surface area contributed by atoms with Crippen LogP contribution in [-0.4, -0.2) is 22.7 Å². The first-order valence-corrected chi connectivity index (χ1v) is 7.95. The lowest BCUT2D eigenvalue weighted by atomic mass is 10.1. The summed E-state index contributed by atoms with van der Waals surface area (Å²) in [4.78, 5) is 15.9. The smallest absolute Gasteiger partial charge is 0.344 e. The van der Waals surface area contributed by atoms with Gasteiger partial charge < -0.3 is 14.0 Å². The fourth-order valence-electron chi connectivity index (χ4n) is 2.21. The van der Waals surface area contributed by atoms with Crippen molar-refractivity contribution < 1.29 is 23.2 Å². The minimum Gasteiger partial charge on any atom is -0.482 e. The molecule has 0 amide bonds. The second-order valence-corrected chi connectivity index (χ2v) is 5.74. The number of carbonyl (C=O) groups excluding carboxylic acids is 1. The summed E-state index contributed by atoms with van der Waals surface area (Å²) >= 11 is 0. The maximum absolute atomic E-state index is 12.9. The van der Waals surface area contributed by atoms with Crippen molar-refractivity contribution in [1.82, 2.24) is 10.1 Å². The number of carbonyl (C=O) groups is 1. The third-order valence-electron chi connectivity index (χ3n) is 3.62. The molecule has 0 bridgehead atoms. The van der Waals surface area contributed by atoms with E-state index in [2.05, 4.69) is 10.1 Å². The number of nitrogens with zero attached hydrogens (tertiary/aromatic N) is 2. The zero-order valence-corrected chi connectivity index (χ0v) is 14.4. The Balaban J connectivity index is 1.52. The molecular formula is C19H17FN2O4. The van der Waals surface area contributed by atoms with Crippen molar-refractivity contribution in [3.8, 4) is 17.1 Å². The molecule has 0 aliphatic heterocycles. The molecular weight excluding hydrogens is 339 g/mol. The van der Waals surface area contributed by atoms with Crippen LogP contribution in [0.25, 0.3) is 11.4 Å². The highest BCUT2D eigenvalue weighted by Crippen LogP contribution is 2.19. The number of aryl methyl sites for hydroxylation is 2. The second-order valence-electron chi connectivity index (χ2n) is 5.74. The molecule has 0 saturated carbocycles. The minimum atomic E-state index is -0.549. The number of hydrogen-bond acceptors (Lipinski definition) is 6. The molecule has 3 aromatic rings. The summed E-state index contributed by atoms with van der Waals surface area (Å²) in [6, 6.07) is 11.4. The molecule has 1 aromatic heterocycles. The van der Waals surface area contributed by atoms with Crippen molar-refractivity contribution in [2.45, 2.75) is 20.5 Å². The van der Waals surface area contributed by atoms with Gasteiger partial charge in [0.05, 0.1) is 0 Å². The van der Waals surface area contributed by atoms with E-state index in [9.17, 15) is 9.18 Å². The van der Waals surface area contributed by atoms with Crippen LogP contribution in [0, 0.1) is 19.7 Å². The first-order valence-electron chi connectivity index (χ1n) is 7.95. The summed E-state index contributed by atoms with van der Waals surface area (Å²) in [6.45, 7) is 3.46. The quantitative estimate of drug-likeness (QED) is 0.628. The first-order chi connectivity index (χ1) is 12.5. The summed E-state index contributed by atoms with van der Waals surface area (Å²) < 4.78 is 28.5. The van der Waals surface area contributed by atoms with Crippen LogP contribution >= 0.6 is 0 Å². The zero-order chi connectivity index (χ0) is 18.5. The van der Waals surface area contributed by atoms with Crippen molar-refractivity contribution in [2.75, 3.05) is 6.61 Å². The maximum Gasteiger partial charge on any atom is 0.344 e. The normalized spacial score (nSPS) is 10.6. The van der Waals surface area contributed by atoms with E-state index in [0.29, 0.717) is 17.1 Å². The highest BCUT2D eigenvalue weighted by Gasteiger charge is 2.12. The van der Waals surface area contributed by atoms with Crippen molar-refractivity contribution in [3.05, 3.63) is 65.3 Å². The van der Waals surface area contributed by atoms with E-state index in [-0.39, 0.29) is 24.9 Å². The highest BCUT2D eigenvalue weighted by molar-refractivity contribution is 5.71. The molecule has 0 atom stereocenters. The van der Waals surface area contributed by atoms with Crippen LogP contribution in [0.3, 0.4) is 0 Å². The standard InChI is InChI=1S/C19H17FN2O4/c1-12-3-4-13(2)16(9-12)24-11-18(23)25-10-17-21-19(22-26-17)14-5-7-15(20)8-6-14/h3-9H,10-11H2,1-2H3. The Bertz CT molecular complexity index is 906. The highest BCUT2D eigenvalue weighted by atomic mass is 19.1. The predicted octanol–water partition coefficient (Wildman–Crippen LogP) is 3.61. The monoisotopic (exact) mass is 356 g/mol. The van der Waals surface area contributed by atoms with E-state index in [1.165, 1.54) is 24.3 Å². The van der Waals surface area contributed by atoms with Crippen LogP contribution in [-0.2, 0) is 16.1 Å². The van der Waals surface area contributed by atoms with Gasteiger partial charge in [0, 0.05) is 5.56 Å². The summed E-state index contributed by atoms with van der Waals surface area (Å²) in [5.41, 5.74) is 2.58. The third-order valence-corrected chi connectivity index (χ3v) is 3.62. The molecule has 7 heteroatoms. The topological polar surface area (TPSA) is 74.5 Å². The van der Waals surface area contributed by atoms with Crippen molar-refractivity contribution in [1.29, 1.82) is 0 Å². The van der Waals surface area contributed by atoms with Gasteiger partial charge in [-0.15, -0.1) is 0 Å². The van der Waals surface area contributed by atoms with Crippen molar-refractivity contribution in [3.63, 3.8) is 0 Å². The molecule has 0 unspecified atom stereocenters. The second kappa shape index (κ2) is 7.77. The fraction of sp³-hybridized carbons (Fsp3) is 0.211. The van der Waals surface area contributed by atoms with Gasteiger partial charge in [0.25, 0.3) is 5.89 Å². The molecule has 3 rings (SSSR count). The van der Waals surface area contributed by atoms with Crippen LogP contribution in [0.1, 0.15) is 17.0 Å². The number of aromatic nitrogens is 2.